The molecule has 5 aliphatic rings. The molecule has 1 saturated heterocycles. The second kappa shape index (κ2) is 6.29. The third kappa shape index (κ3) is 2.51. The van der Waals surface area contributed by atoms with Crippen molar-refractivity contribution in [3.63, 3.8) is 0 Å². The zero-order chi connectivity index (χ0) is 20.6. The van der Waals surface area contributed by atoms with Crippen LogP contribution in [0.5, 0.6) is 0 Å². The lowest BCUT2D eigenvalue weighted by atomic mass is 9.63. The number of halogens is 1. The number of benzene rings is 2. The van der Waals surface area contributed by atoms with Gasteiger partial charge in [0, 0.05) is 16.3 Å². The molecule has 1 aliphatic heterocycles. The largest absolute Gasteiger partial charge is 0.322 e. The van der Waals surface area contributed by atoms with Gasteiger partial charge in [-0.3, -0.25) is 19.3 Å². The fourth-order valence-electron chi connectivity index (χ4n) is 5.71. The van der Waals surface area contributed by atoms with Crippen molar-refractivity contribution in [3.8, 4) is 0 Å². The summed E-state index contributed by atoms with van der Waals surface area (Å²) in [5.74, 6) is 0.689. The van der Waals surface area contributed by atoms with Gasteiger partial charge in [-0.25, -0.2) is 0 Å². The Hall–Kier alpha value is -2.92. The Labute approximate surface area is 178 Å². The van der Waals surface area contributed by atoms with Crippen LogP contribution in [0.1, 0.15) is 16.8 Å². The van der Waals surface area contributed by atoms with Gasteiger partial charge < -0.3 is 5.32 Å². The van der Waals surface area contributed by atoms with Gasteiger partial charge in [-0.05, 0) is 78.6 Å². The van der Waals surface area contributed by atoms with Crippen molar-refractivity contribution in [2.45, 2.75) is 6.42 Å². The first-order valence-electron chi connectivity index (χ1n) is 10.3. The molecule has 6 atom stereocenters. The van der Waals surface area contributed by atoms with Crippen molar-refractivity contribution >= 4 is 40.7 Å². The van der Waals surface area contributed by atoms with Gasteiger partial charge in [0.2, 0.25) is 11.8 Å². The molecular formula is C24H19ClN2O3. The zero-order valence-electron chi connectivity index (χ0n) is 16.0. The molecule has 3 fully saturated rings. The molecule has 1 N–H and O–H groups in total. The average Bonchev–Trinajstić information content (AvgIpc) is 3.53. The summed E-state index contributed by atoms with van der Waals surface area (Å²) in [6.45, 7) is 0. The number of hydrogen-bond donors (Lipinski definition) is 1. The van der Waals surface area contributed by atoms with Gasteiger partial charge >= 0.3 is 0 Å². The third-order valence-electron chi connectivity index (χ3n) is 7.15. The molecule has 5 nitrogen and oxygen atoms in total. The first-order chi connectivity index (χ1) is 14.5. The molecule has 0 radical (unpaired) electrons. The summed E-state index contributed by atoms with van der Waals surface area (Å²) in [6, 6.07) is 13.5. The highest BCUT2D eigenvalue weighted by Gasteiger charge is 2.67. The lowest BCUT2D eigenvalue weighted by Gasteiger charge is -2.37. The molecule has 2 aromatic carbocycles. The molecule has 0 unspecified atom stereocenters. The SMILES string of the molecule is O=C(Nc1ccc(Cl)cc1)c1ccc(N2C(=O)[C@@H]3[C@H]4C=C[C@@H]([C@@H]5C[C@@H]45)[C@@H]3C2=O)cc1. The highest BCUT2D eigenvalue weighted by molar-refractivity contribution is 6.30. The number of allylic oxidation sites excluding steroid dienone is 2. The van der Waals surface area contributed by atoms with Crippen LogP contribution >= 0.6 is 11.6 Å². The van der Waals surface area contributed by atoms with Crippen LogP contribution < -0.4 is 10.2 Å². The predicted octanol–water partition coefficient (Wildman–Crippen LogP) is 4.15. The highest BCUT2D eigenvalue weighted by atomic mass is 35.5. The number of nitrogens with zero attached hydrogens (tertiary/aromatic N) is 1. The van der Waals surface area contributed by atoms with Crippen LogP contribution in [0.3, 0.4) is 0 Å². The number of carbonyl (C=O) groups excluding carboxylic acids is 3. The summed E-state index contributed by atoms with van der Waals surface area (Å²) >= 11 is 5.87. The number of anilines is 2. The molecule has 30 heavy (non-hydrogen) atoms. The van der Waals surface area contributed by atoms with Crippen LogP contribution in [0.4, 0.5) is 11.4 Å². The molecule has 7 rings (SSSR count). The first-order valence-corrected chi connectivity index (χ1v) is 10.6. The number of amides is 3. The summed E-state index contributed by atoms with van der Waals surface area (Å²) in [7, 11) is 0. The Morgan fingerprint density at radius 3 is 2.00 bits per heavy atom. The smallest absolute Gasteiger partial charge is 0.255 e. The maximum atomic E-state index is 13.2. The quantitative estimate of drug-likeness (QED) is 0.601. The van der Waals surface area contributed by atoms with Gasteiger partial charge in [0.1, 0.15) is 0 Å². The van der Waals surface area contributed by atoms with E-state index in [4.69, 9.17) is 11.6 Å². The maximum Gasteiger partial charge on any atom is 0.255 e. The van der Waals surface area contributed by atoms with Gasteiger partial charge in [-0.2, -0.15) is 0 Å². The van der Waals surface area contributed by atoms with Crippen molar-refractivity contribution in [2.75, 3.05) is 10.2 Å². The fraction of sp³-hybridized carbons (Fsp3) is 0.292. The molecule has 3 amide bonds. The normalized spacial score (nSPS) is 32.8. The van der Waals surface area contributed by atoms with Crippen molar-refractivity contribution in [1.82, 2.24) is 0 Å². The molecular weight excluding hydrogens is 400 g/mol. The summed E-state index contributed by atoms with van der Waals surface area (Å²) < 4.78 is 0. The number of hydrogen-bond acceptors (Lipinski definition) is 3. The minimum absolute atomic E-state index is 0.0898. The van der Waals surface area contributed by atoms with E-state index in [-0.39, 0.29) is 41.4 Å². The molecule has 1 heterocycles. The van der Waals surface area contributed by atoms with E-state index in [1.54, 1.807) is 48.5 Å². The molecule has 0 spiro atoms. The topological polar surface area (TPSA) is 66.5 Å². The Morgan fingerprint density at radius 1 is 0.867 bits per heavy atom. The first kappa shape index (κ1) is 17.9. The lowest BCUT2D eigenvalue weighted by molar-refractivity contribution is -0.124. The van der Waals surface area contributed by atoms with E-state index in [2.05, 4.69) is 17.5 Å². The monoisotopic (exact) mass is 418 g/mol. The number of rotatable bonds is 3. The van der Waals surface area contributed by atoms with E-state index in [1.807, 2.05) is 0 Å². The van der Waals surface area contributed by atoms with Crippen molar-refractivity contribution < 1.29 is 14.4 Å². The van der Waals surface area contributed by atoms with Crippen LogP contribution in [0.25, 0.3) is 0 Å². The lowest BCUT2D eigenvalue weighted by Crippen LogP contribution is -2.40. The second-order valence-electron chi connectivity index (χ2n) is 8.67. The Balaban J connectivity index is 1.23. The average molecular weight is 419 g/mol. The minimum atomic E-state index is -0.265. The molecule has 4 aliphatic carbocycles. The van der Waals surface area contributed by atoms with Gasteiger partial charge in [-0.15, -0.1) is 0 Å². The molecule has 150 valence electrons. The molecule has 2 aromatic rings. The van der Waals surface area contributed by atoms with Crippen molar-refractivity contribution in [1.29, 1.82) is 0 Å². The van der Waals surface area contributed by atoms with E-state index in [9.17, 15) is 14.4 Å². The van der Waals surface area contributed by atoms with Gasteiger partial charge in [0.05, 0.1) is 17.5 Å². The minimum Gasteiger partial charge on any atom is -0.322 e. The fourth-order valence-corrected chi connectivity index (χ4v) is 5.84. The second-order valence-corrected chi connectivity index (χ2v) is 9.11. The third-order valence-corrected chi connectivity index (χ3v) is 7.40. The van der Waals surface area contributed by atoms with Crippen LogP contribution in [-0.2, 0) is 9.59 Å². The summed E-state index contributed by atoms with van der Waals surface area (Å²) in [5, 5.41) is 3.40. The summed E-state index contributed by atoms with van der Waals surface area (Å²) in [6.07, 6.45) is 5.48. The molecule has 6 heteroatoms. The van der Waals surface area contributed by atoms with E-state index < -0.39 is 0 Å². The van der Waals surface area contributed by atoms with Crippen molar-refractivity contribution in [3.05, 3.63) is 71.3 Å². The molecule has 2 bridgehead atoms. The number of imide groups is 1. The van der Waals surface area contributed by atoms with Crippen LogP contribution in [0, 0.1) is 35.5 Å². The molecule has 0 aromatic heterocycles. The summed E-state index contributed by atoms with van der Waals surface area (Å²) in [4.78, 5) is 40.2. The van der Waals surface area contributed by atoms with Gasteiger partial charge in [0.25, 0.3) is 5.91 Å². The van der Waals surface area contributed by atoms with E-state index in [0.717, 1.165) is 6.42 Å². The van der Waals surface area contributed by atoms with Gasteiger partial charge in [-0.1, -0.05) is 23.8 Å². The Bertz CT molecular complexity index is 1070. The van der Waals surface area contributed by atoms with Crippen LogP contribution in [0.15, 0.2) is 60.7 Å². The maximum absolute atomic E-state index is 13.2. The summed E-state index contributed by atoms with van der Waals surface area (Å²) in [5.41, 5.74) is 1.63. The van der Waals surface area contributed by atoms with E-state index in [1.165, 1.54) is 4.90 Å². The van der Waals surface area contributed by atoms with Crippen LogP contribution in [0.2, 0.25) is 5.02 Å². The number of carbonyl (C=O) groups is 3. The van der Waals surface area contributed by atoms with Gasteiger partial charge in [0.15, 0.2) is 0 Å². The highest BCUT2D eigenvalue weighted by Crippen LogP contribution is 2.65. The Kier molecular flexibility index (Phi) is 3.75. The standard InChI is InChI=1S/C24H19ClN2O3/c25-13-3-5-14(6-4-13)26-22(28)12-1-7-15(8-2-12)27-23(29)20-16-9-10-17(19-11-18(16)19)21(20)24(27)30/h1-10,16-21H,11H2,(H,26,28)/t16-,17-,18-,19-,20-,21+/m0/s1. The van der Waals surface area contributed by atoms with E-state index in [0.29, 0.717) is 33.8 Å². The Morgan fingerprint density at radius 2 is 1.43 bits per heavy atom. The molecule has 2 saturated carbocycles. The predicted molar refractivity (Wildman–Crippen MR) is 113 cm³/mol. The number of nitrogens with one attached hydrogen (secondary N) is 1. The zero-order valence-corrected chi connectivity index (χ0v) is 16.8. The van der Waals surface area contributed by atoms with Crippen molar-refractivity contribution in [2.24, 2.45) is 35.5 Å². The van der Waals surface area contributed by atoms with E-state index >= 15 is 0 Å². The van der Waals surface area contributed by atoms with Crippen LogP contribution in [-0.4, -0.2) is 17.7 Å².